The molecule has 0 aliphatic rings. The van der Waals surface area contributed by atoms with Gasteiger partial charge in [0.25, 0.3) is 5.91 Å². The van der Waals surface area contributed by atoms with Gasteiger partial charge in [-0.3, -0.25) is 9.59 Å². The largest absolute Gasteiger partial charge is 0.494 e. The van der Waals surface area contributed by atoms with E-state index in [1.54, 1.807) is 13.8 Å². The first-order valence-electron chi connectivity index (χ1n) is 5.60. The van der Waals surface area contributed by atoms with Crippen molar-refractivity contribution < 1.29 is 18.7 Å². The van der Waals surface area contributed by atoms with E-state index in [1.165, 1.54) is 19.2 Å². The SMILES string of the molecule is COc1ccc(C(=O)NCC(=O)C(C)C)cc1F. The number of methoxy groups -OCH3 is 1. The summed E-state index contributed by atoms with van der Waals surface area (Å²) in [5.41, 5.74) is 0.157. The Balaban J connectivity index is 2.68. The van der Waals surface area contributed by atoms with Gasteiger partial charge in [0.05, 0.1) is 13.7 Å². The Kier molecular flexibility index (Phi) is 4.83. The van der Waals surface area contributed by atoms with E-state index in [-0.39, 0.29) is 29.6 Å². The van der Waals surface area contributed by atoms with E-state index in [0.717, 1.165) is 6.07 Å². The second kappa shape index (κ2) is 6.14. The molecule has 0 spiro atoms. The molecule has 98 valence electrons. The third-order valence-corrected chi connectivity index (χ3v) is 2.48. The topological polar surface area (TPSA) is 55.4 Å². The highest BCUT2D eigenvalue weighted by molar-refractivity contribution is 5.97. The van der Waals surface area contributed by atoms with Gasteiger partial charge >= 0.3 is 0 Å². The lowest BCUT2D eigenvalue weighted by Gasteiger charge is -2.07. The number of amides is 1. The molecule has 0 saturated carbocycles. The minimum absolute atomic E-state index is 0.0514. The number of ether oxygens (including phenoxy) is 1. The summed E-state index contributed by atoms with van der Waals surface area (Å²) >= 11 is 0. The predicted octanol–water partition coefficient (Wildman–Crippen LogP) is 1.79. The van der Waals surface area contributed by atoms with Crippen molar-refractivity contribution in [2.75, 3.05) is 13.7 Å². The standard InChI is InChI=1S/C13H16FNO3/c1-8(2)11(16)7-15-13(17)9-4-5-12(18-3)10(14)6-9/h4-6,8H,7H2,1-3H3,(H,15,17). The quantitative estimate of drug-likeness (QED) is 0.870. The summed E-state index contributed by atoms with van der Waals surface area (Å²) < 4.78 is 18.1. The molecular formula is C13H16FNO3. The zero-order valence-corrected chi connectivity index (χ0v) is 10.6. The lowest BCUT2D eigenvalue weighted by atomic mass is 10.1. The molecule has 1 aromatic rings. The minimum atomic E-state index is -0.611. The van der Waals surface area contributed by atoms with Crippen LogP contribution in [0.4, 0.5) is 4.39 Å². The first kappa shape index (κ1) is 14.2. The first-order valence-corrected chi connectivity index (χ1v) is 5.60. The summed E-state index contributed by atoms with van der Waals surface area (Å²) in [6.45, 7) is 3.45. The van der Waals surface area contributed by atoms with Crippen molar-refractivity contribution in [1.82, 2.24) is 5.32 Å². The summed E-state index contributed by atoms with van der Waals surface area (Å²) in [5.74, 6) is -1.23. The molecule has 18 heavy (non-hydrogen) atoms. The number of ketones is 1. The molecule has 0 bridgehead atoms. The zero-order chi connectivity index (χ0) is 13.7. The van der Waals surface area contributed by atoms with E-state index in [1.807, 2.05) is 0 Å². The van der Waals surface area contributed by atoms with Crippen LogP contribution in [0.5, 0.6) is 5.75 Å². The van der Waals surface area contributed by atoms with E-state index in [9.17, 15) is 14.0 Å². The smallest absolute Gasteiger partial charge is 0.251 e. The predicted molar refractivity (Wildman–Crippen MR) is 65.1 cm³/mol. The van der Waals surface area contributed by atoms with Gasteiger partial charge in [0.1, 0.15) is 0 Å². The maximum absolute atomic E-state index is 13.4. The molecule has 0 saturated heterocycles. The molecule has 0 atom stereocenters. The Morgan fingerprint density at radius 2 is 2.06 bits per heavy atom. The van der Waals surface area contributed by atoms with Crippen LogP contribution >= 0.6 is 0 Å². The summed E-state index contributed by atoms with van der Waals surface area (Å²) in [7, 11) is 1.35. The van der Waals surface area contributed by atoms with Gasteiger partial charge in [-0.15, -0.1) is 0 Å². The van der Waals surface area contributed by atoms with E-state index >= 15 is 0 Å². The maximum Gasteiger partial charge on any atom is 0.251 e. The molecule has 0 fully saturated rings. The Morgan fingerprint density at radius 3 is 2.56 bits per heavy atom. The minimum Gasteiger partial charge on any atom is -0.494 e. The van der Waals surface area contributed by atoms with Crippen LogP contribution in [0.25, 0.3) is 0 Å². The molecule has 1 amide bonds. The van der Waals surface area contributed by atoms with Gasteiger partial charge in [-0.1, -0.05) is 13.8 Å². The number of nitrogens with one attached hydrogen (secondary N) is 1. The second-order valence-corrected chi connectivity index (χ2v) is 4.15. The van der Waals surface area contributed by atoms with Crippen molar-refractivity contribution in [3.8, 4) is 5.75 Å². The average Bonchev–Trinajstić information content (AvgIpc) is 2.35. The van der Waals surface area contributed by atoms with Crippen LogP contribution in [-0.2, 0) is 4.79 Å². The molecule has 0 unspecified atom stereocenters. The van der Waals surface area contributed by atoms with Gasteiger partial charge in [0, 0.05) is 11.5 Å². The van der Waals surface area contributed by atoms with Crippen molar-refractivity contribution in [3.05, 3.63) is 29.6 Å². The number of Topliss-reactive ketones (excluding diaryl/α,β-unsaturated/α-hetero) is 1. The summed E-state index contributed by atoms with van der Waals surface area (Å²) in [6.07, 6.45) is 0. The van der Waals surface area contributed by atoms with Crippen LogP contribution in [0, 0.1) is 11.7 Å². The van der Waals surface area contributed by atoms with Crippen molar-refractivity contribution >= 4 is 11.7 Å². The lowest BCUT2D eigenvalue weighted by Crippen LogP contribution is -2.31. The lowest BCUT2D eigenvalue weighted by molar-refractivity contribution is -0.120. The molecule has 0 aliphatic carbocycles. The fourth-order valence-corrected chi connectivity index (χ4v) is 1.28. The second-order valence-electron chi connectivity index (χ2n) is 4.15. The molecule has 1 rings (SSSR count). The molecule has 0 radical (unpaired) electrons. The van der Waals surface area contributed by atoms with Gasteiger partial charge in [-0.05, 0) is 18.2 Å². The molecule has 0 heterocycles. The van der Waals surface area contributed by atoms with E-state index in [2.05, 4.69) is 5.32 Å². The monoisotopic (exact) mass is 253 g/mol. The molecule has 1 aromatic carbocycles. The molecule has 0 aliphatic heterocycles. The van der Waals surface area contributed by atoms with Crippen molar-refractivity contribution in [2.45, 2.75) is 13.8 Å². The van der Waals surface area contributed by atoms with Gasteiger partial charge in [-0.25, -0.2) is 4.39 Å². The number of carbonyl (C=O) groups excluding carboxylic acids is 2. The maximum atomic E-state index is 13.4. The molecule has 4 nitrogen and oxygen atoms in total. The third kappa shape index (κ3) is 3.55. The van der Waals surface area contributed by atoms with Crippen LogP contribution in [-0.4, -0.2) is 25.3 Å². The van der Waals surface area contributed by atoms with E-state index < -0.39 is 11.7 Å². The Bertz CT molecular complexity index is 458. The Labute approximate surface area is 105 Å². The zero-order valence-electron chi connectivity index (χ0n) is 10.6. The van der Waals surface area contributed by atoms with Crippen LogP contribution in [0.3, 0.4) is 0 Å². The van der Waals surface area contributed by atoms with Gasteiger partial charge < -0.3 is 10.1 Å². The Morgan fingerprint density at radius 1 is 1.39 bits per heavy atom. The van der Waals surface area contributed by atoms with Gasteiger partial charge in [-0.2, -0.15) is 0 Å². The number of benzene rings is 1. The molecular weight excluding hydrogens is 237 g/mol. The summed E-state index contributed by atoms with van der Waals surface area (Å²) in [5, 5.41) is 2.45. The number of hydrogen-bond donors (Lipinski definition) is 1. The fourth-order valence-electron chi connectivity index (χ4n) is 1.28. The molecule has 1 N–H and O–H groups in total. The van der Waals surface area contributed by atoms with Crippen molar-refractivity contribution in [1.29, 1.82) is 0 Å². The number of halogens is 1. The molecule has 0 aromatic heterocycles. The summed E-state index contributed by atoms with van der Waals surface area (Å²) in [4.78, 5) is 23.0. The third-order valence-electron chi connectivity index (χ3n) is 2.48. The number of rotatable bonds is 5. The highest BCUT2D eigenvalue weighted by Gasteiger charge is 2.12. The van der Waals surface area contributed by atoms with Gasteiger partial charge in [0.2, 0.25) is 0 Å². The highest BCUT2D eigenvalue weighted by Crippen LogP contribution is 2.17. The van der Waals surface area contributed by atoms with E-state index in [4.69, 9.17) is 4.74 Å². The fraction of sp³-hybridized carbons (Fsp3) is 0.385. The van der Waals surface area contributed by atoms with Crippen LogP contribution in [0.15, 0.2) is 18.2 Å². The normalized spacial score (nSPS) is 10.3. The first-order chi connectivity index (χ1) is 8.45. The number of carbonyl (C=O) groups is 2. The van der Waals surface area contributed by atoms with E-state index in [0.29, 0.717) is 0 Å². The van der Waals surface area contributed by atoms with Crippen LogP contribution < -0.4 is 10.1 Å². The summed E-state index contributed by atoms with van der Waals surface area (Å²) in [6, 6.07) is 3.89. The average molecular weight is 253 g/mol. The van der Waals surface area contributed by atoms with Crippen LogP contribution in [0.1, 0.15) is 24.2 Å². The molecule has 5 heteroatoms. The van der Waals surface area contributed by atoms with Crippen LogP contribution in [0.2, 0.25) is 0 Å². The number of hydrogen-bond acceptors (Lipinski definition) is 3. The Hall–Kier alpha value is -1.91. The van der Waals surface area contributed by atoms with Crippen molar-refractivity contribution in [3.63, 3.8) is 0 Å². The van der Waals surface area contributed by atoms with Crippen molar-refractivity contribution in [2.24, 2.45) is 5.92 Å². The highest BCUT2D eigenvalue weighted by atomic mass is 19.1. The van der Waals surface area contributed by atoms with Gasteiger partial charge in [0.15, 0.2) is 17.3 Å².